The van der Waals surface area contributed by atoms with Crippen LogP contribution >= 0.6 is 22.6 Å². The zero-order valence-electron chi connectivity index (χ0n) is 23.6. The molecule has 0 unspecified atom stereocenters. The molecule has 6 nitrogen and oxygen atoms in total. The first-order chi connectivity index (χ1) is 18.0. The minimum absolute atomic E-state index is 0.0817. The summed E-state index contributed by atoms with van der Waals surface area (Å²) in [6.07, 6.45) is -0.357. The fraction of sp³-hybridized carbons (Fsp3) is 0.387. The Bertz CT molecular complexity index is 1240. The molecular weight excluding hydrogens is 591 g/mol. The highest BCUT2D eigenvalue weighted by molar-refractivity contribution is 14.1. The lowest BCUT2D eigenvalue weighted by atomic mass is 9.99. The molecule has 3 aromatic carbocycles. The van der Waals surface area contributed by atoms with Crippen LogP contribution in [0.3, 0.4) is 0 Å². The first-order valence-corrected chi connectivity index (χ1v) is 14.0. The van der Waals surface area contributed by atoms with E-state index in [1.807, 2.05) is 78.8 Å². The van der Waals surface area contributed by atoms with E-state index < -0.39 is 0 Å². The molecule has 7 heteroatoms. The summed E-state index contributed by atoms with van der Waals surface area (Å²) in [4.78, 5) is 18.7. The van der Waals surface area contributed by atoms with Gasteiger partial charge in [-0.05, 0) is 112 Å². The monoisotopic (exact) mass is 630 g/mol. The van der Waals surface area contributed by atoms with Crippen molar-refractivity contribution in [1.29, 1.82) is 0 Å². The lowest BCUT2D eigenvalue weighted by Gasteiger charge is -2.21. The Morgan fingerprint density at radius 2 is 1.26 bits per heavy atom. The summed E-state index contributed by atoms with van der Waals surface area (Å²) in [5.41, 5.74) is 10.3. The van der Waals surface area contributed by atoms with Gasteiger partial charge in [0.1, 0.15) is 23.7 Å². The summed E-state index contributed by atoms with van der Waals surface area (Å²) in [7, 11) is 0. The number of hydroxylamine groups is 1. The van der Waals surface area contributed by atoms with Gasteiger partial charge in [0.05, 0.1) is 16.7 Å². The van der Waals surface area contributed by atoms with Gasteiger partial charge in [-0.15, -0.1) is 0 Å². The summed E-state index contributed by atoms with van der Waals surface area (Å²) < 4.78 is 13.2. The SMILES string of the molecule is Cc1cc(C)c(ONC[C@H](C)Oc2cccc(O[C@@H](C)CNC(=O)c3c(C)cc(C)cc3C)c2I)c(C)c1. The molecule has 0 aliphatic heterocycles. The van der Waals surface area contributed by atoms with Gasteiger partial charge in [0, 0.05) is 5.56 Å². The van der Waals surface area contributed by atoms with E-state index >= 15 is 0 Å². The van der Waals surface area contributed by atoms with E-state index in [-0.39, 0.29) is 18.1 Å². The lowest BCUT2D eigenvalue weighted by Crippen LogP contribution is -2.34. The molecular formula is C31H39IN2O4. The number of amides is 1. The molecule has 2 atom stereocenters. The Kier molecular flexibility index (Phi) is 10.4. The molecule has 3 rings (SSSR count). The maximum absolute atomic E-state index is 12.8. The van der Waals surface area contributed by atoms with Crippen molar-refractivity contribution >= 4 is 28.5 Å². The third-order valence-electron chi connectivity index (χ3n) is 6.19. The van der Waals surface area contributed by atoms with E-state index in [1.54, 1.807) is 0 Å². The number of hydrogen-bond donors (Lipinski definition) is 2. The number of ether oxygens (including phenoxy) is 2. The maximum atomic E-state index is 12.8. The van der Waals surface area contributed by atoms with E-state index in [1.165, 1.54) is 5.56 Å². The van der Waals surface area contributed by atoms with Crippen molar-refractivity contribution in [2.45, 2.75) is 67.6 Å². The number of aryl methyl sites for hydroxylation is 6. The molecule has 3 aromatic rings. The van der Waals surface area contributed by atoms with Crippen LogP contribution in [0.4, 0.5) is 0 Å². The van der Waals surface area contributed by atoms with Gasteiger partial charge in [0.15, 0.2) is 5.75 Å². The zero-order valence-corrected chi connectivity index (χ0v) is 25.8. The summed E-state index contributed by atoms with van der Waals surface area (Å²) in [5, 5.41) is 3.01. The molecule has 204 valence electrons. The molecule has 0 saturated heterocycles. The smallest absolute Gasteiger partial charge is 0.251 e. The highest BCUT2D eigenvalue weighted by Gasteiger charge is 2.17. The van der Waals surface area contributed by atoms with Crippen molar-refractivity contribution < 1.29 is 19.1 Å². The first-order valence-electron chi connectivity index (χ1n) is 12.9. The number of hydrogen-bond acceptors (Lipinski definition) is 5. The van der Waals surface area contributed by atoms with Crippen molar-refractivity contribution in [3.63, 3.8) is 0 Å². The van der Waals surface area contributed by atoms with Crippen LogP contribution in [-0.4, -0.2) is 31.2 Å². The van der Waals surface area contributed by atoms with Crippen LogP contribution in [0.1, 0.15) is 57.6 Å². The van der Waals surface area contributed by atoms with Crippen molar-refractivity contribution in [2.75, 3.05) is 13.1 Å². The molecule has 0 aliphatic carbocycles. The van der Waals surface area contributed by atoms with E-state index in [2.05, 4.69) is 52.4 Å². The summed E-state index contributed by atoms with van der Waals surface area (Å²) in [6, 6.07) is 14.0. The first kappa shape index (κ1) is 29.8. The predicted octanol–water partition coefficient (Wildman–Crippen LogP) is 6.69. The Hall–Kier alpha value is -2.78. The average molecular weight is 631 g/mol. The van der Waals surface area contributed by atoms with Gasteiger partial charge >= 0.3 is 0 Å². The Morgan fingerprint density at radius 1 is 0.789 bits per heavy atom. The highest BCUT2D eigenvalue weighted by Crippen LogP contribution is 2.31. The van der Waals surface area contributed by atoms with Gasteiger partial charge in [-0.1, -0.05) is 41.5 Å². The average Bonchev–Trinajstić information content (AvgIpc) is 2.81. The number of nitrogens with one attached hydrogen (secondary N) is 2. The van der Waals surface area contributed by atoms with Crippen LogP contribution < -0.4 is 25.1 Å². The minimum Gasteiger partial charge on any atom is -0.488 e. The topological polar surface area (TPSA) is 68.8 Å². The Morgan fingerprint density at radius 3 is 1.79 bits per heavy atom. The van der Waals surface area contributed by atoms with Gasteiger partial charge in [0.25, 0.3) is 5.91 Å². The summed E-state index contributed by atoms with van der Waals surface area (Å²) in [5.74, 6) is 2.22. The molecule has 2 N–H and O–H groups in total. The van der Waals surface area contributed by atoms with Gasteiger partial charge < -0.3 is 19.6 Å². The molecule has 0 aliphatic rings. The zero-order chi connectivity index (χ0) is 28.0. The van der Waals surface area contributed by atoms with Gasteiger partial charge in [-0.25, -0.2) is 0 Å². The number of carbonyl (C=O) groups is 1. The van der Waals surface area contributed by atoms with Crippen molar-refractivity contribution in [3.05, 3.63) is 85.0 Å². The van der Waals surface area contributed by atoms with Crippen LogP contribution in [0.25, 0.3) is 0 Å². The predicted molar refractivity (Wildman–Crippen MR) is 162 cm³/mol. The molecule has 0 saturated carbocycles. The fourth-order valence-corrected chi connectivity index (χ4v) is 5.23. The Balaban J connectivity index is 1.53. The van der Waals surface area contributed by atoms with E-state index in [0.29, 0.717) is 13.1 Å². The van der Waals surface area contributed by atoms with Gasteiger partial charge in [-0.2, -0.15) is 5.48 Å². The molecule has 0 aromatic heterocycles. The minimum atomic E-state index is -0.220. The standard InChI is InChI=1S/C31H39IN2O4/c1-18-12-20(3)28(21(4)13-18)31(35)33-16-24(7)36-26-10-9-11-27(29(26)32)37-25(8)17-34-38-30-22(5)14-19(2)15-23(30)6/h9-15,24-25,34H,16-17H2,1-8H3,(H,33,35)/t24-,25-/m0/s1. The number of benzene rings is 3. The second-order valence-corrected chi connectivity index (χ2v) is 11.2. The normalized spacial score (nSPS) is 12.6. The molecule has 0 radical (unpaired) electrons. The quantitative estimate of drug-likeness (QED) is 0.183. The largest absolute Gasteiger partial charge is 0.488 e. The third-order valence-corrected chi connectivity index (χ3v) is 7.25. The van der Waals surface area contributed by atoms with E-state index in [9.17, 15) is 4.79 Å². The lowest BCUT2D eigenvalue weighted by molar-refractivity contribution is 0.0930. The Labute approximate surface area is 240 Å². The number of rotatable bonds is 11. The molecule has 38 heavy (non-hydrogen) atoms. The molecule has 0 fully saturated rings. The fourth-order valence-electron chi connectivity index (χ4n) is 4.61. The molecule has 0 bridgehead atoms. The van der Waals surface area contributed by atoms with Crippen molar-refractivity contribution in [3.8, 4) is 17.2 Å². The summed E-state index contributed by atoms with van der Waals surface area (Å²) >= 11 is 2.24. The second kappa shape index (κ2) is 13.3. The van der Waals surface area contributed by atoms with Crippen LogP contribution in [0.5, 0.6) is 17.2 Å². The van der Waals surface area contributed by atoms with Crippen LogP contribution in [0.15, 0.2) is 42.5 Å². The van der Waals surface area contributed by atoms with E-state index in [0.717, 1.165) is 54.2 Å². The highest BCUT2D eigenvalue weighted by atomic mass is 127. The maximum Gasteiger partial charge on any atom is 0.251 e. The van der Waals surface area contributed by atoms with Crippen molar-refractivity contribution in [1.82, 2.24) is 10.8 Å². The molecule has 0 heterocycles. The molecule has 1 amide bonds. The number of halogens is 1. The van der Waals surface area contributed by atoms with Gasteiger partial charge in [0.2, 0.25) is 0 Å². The second-order valence-electron chi connectivity index (χ2n) is 10.1. The third kappa shape index (κ3) is 7.86. The number of carbonyl (C=O) groups excluding carboxylic acids is 1. The van der Waals surface area contributed by atoms with Crippen molar-refractivity contribution in [2.24, 2.45) is 0 Å². The van der Waals surface area contributed by atoms with Gasteiger partial charge in [-0.3, -0.25) is 4.79 Å². The van der Waals surface area contributed by atoms with Crippen LogP contribution in [-0.2, 0) is 0 Å². The molecule has 0 spiro atoms. The van der Waals surface area contributed by atoms with Crippen LogP contribution in [0, 0.1) is 45.1 Å². The summed E-state index contributed by atoms with van der Waals surface area (Å²) in [6.45, 7) is 17.0. The van der Waals surface area contributed by atoms with E-state index in [4.69, 9.17) is 14.3 Å². The van der Waals surface area contributed by atoms with Crippen LogP contribution in [0.2, 0.25) is 0 Å².